The van der Waals surface area contributed by atoms with Crippen molar-refractivity contribution < 1.29 is 0 Å². The first-order chi connectivity index (χ1) is 36.5. The van der Waals surface area contributed by atoms with Gasteiger partial charge in [-0.15, -0.1) is 0 Å². The third kappa shape index (κ3) is 6.42. The molecule has 0 spiro atoms. The van der Waals surface area contributed by atoms with E-state index in [4.69, 9.17) is 0 Å². The molecular weight excluding hydrogens is 931 g/mol. The van der Waals surface area contributed by atoms with Crippen molar-refractivity contribution in [2.24, 2.45) is 17.8 Å². The van der Waals surface area contributed by atoms with E-state index in [-0.39, 0.29) is 51.1 Å². The fraction of sp³-hybridized carbons (Fsp3) is 0.364. The summed E-state index contributed by atoms with van der Waals surface area (Å²) < 4.78 is 4.42. The van der Waals surface area contributed by atoms with Gasteiger partial charge in [0.15, 0.2) is 0 Å². The zero-order chi connectivity index (χ0) is 51.9. The van der Waals surface area contributed by atoms with Crippen molar-refractivity contribution in [3.05, 3.63) is 135 Å². The summed E-state index contributed by atoms with van der Waals surface area (Å²) in [5, 5.41) is 18.9. The smallest absolute Gasteiger partial charge is 0.261 e. The van der Waals surface area contributed by atoms with Crippen LogP contribution < -0.4 is 33.4 Å². The maximum Gasteiger partial charge on any atom is 0.261 e. The quantitative estimate of drug-likeness (QED) is 0.0845. The van der Waals surface area contributed by atoms with Crippen molar-refractivity contribution in [2.75, 3.05) is 0 Å². The normalized spacial score (nSPS) is 14.2. The lowest BCUT2D eigenvalue weighted by Crippen LogP contribution is -2.35. The molecule has 378 valence electrons. The second-order valence-electron chi connectivity index (χ2n) is 22.4. The molecule has 0 saturated carbocycles. The van der Waals surface area contributed by atoms with Crippen LogP contribution in [0.1, 0.15) is 119 Å². The standard InChI is InChI=1S/C66H63N3O6/c1-7-13-16-34(10-4)31-67-61(70)43-25-19-37-49-38(20-26-44(52(43)49)62(67)71)56-55(37)57-39-21-27-45-53-47(65(74)68(63(45)72)32-35(11-5)17-14-8-2)29-23-41(50(39)53)59(57)60-42-24-30-48-54-46(28-22-40(51(42)54)58(56)60)64(73)69(66(48)75)33-36(12-6)18-15-9-3/h19-30,34-36H,7-18,31-33H2,1-6H3. The first-order valence-electron chi connectivity index (χ1n) is 28.1. The van der Waals surface area contributed by atoms with E-state index in [1.54, 1.807) is 0 Å². The van der Waals surface area contributed by atoms with Crippen LogP contribution in [0.25, 0.3) is 129 Å². The molecule has 0 amide bonds. The third-order valence-electron chi connectivity index (χ3n) is 18.4. The summed E-state index contributed by atoms with van der Waals surface area (Å²) in [7, 11) is 0. The van der Waals surface area contributed by atoms with Gasteiger partial charge in [0.2, 0.25) is 0 Å². The van der Waals surface area contributed by atoms with Crippen LogP contribution in [0.3, 0.4) is 0 Å². The van der Waals surface area contributed by atoms with Crippen LogP contribution >= 0.6 is 0 Å². The summed E-state index contributed by atoms with van der Waals surface area (Å²) in [6.07, 6.45) is 11.7. The van der Waals surface area contributed by atoms with Gasteiger partial charge in [-0.3, -0.25) is 42.5 Å². The largest absolute Gasteiger partial charge is 0.274 e. The van der Waals surface area contributed by atoms with Gasteiger partial charge < -0.3 is 0 Å². The number of aromatic nitrogens is 3. The molecule has 0 bridgehead atoms. The molecule has 0 radical (unpaired) electrons. The minimum absolute atomic E-state index is 0.204. The molecule has 0 saturated heterocycles. The van der Waals surface area contributed by atoms with E-state index in [1.807, 2.05) is 36.4 Å². The molecule has 3 aromatic heterocycles. The Labute approximate surface area is 432 Å². The van der Waals surface area contributed by atoms with E-state index in [2.05, 4.69) is 77.9 Å². The van der Waals surface area contributed by atoms with Crippen molar-refractivity contribution in [1.29, 1.82) is 0 Å². The van der Waals surface area contributed by atoms with Crippen molar-refractivity contribution in [1.82, 2.24) is 13.7 Å². The zero-order valence-corrected chi connectivity index (χ0v) is 44.1. The van der Waals surface area contributed by atoms with Gasteiger partial charge in [0.25, 0.3) is 33.4 Å². The summed E-state index contributed by atoms with van der Waals surface area (Å²) in [5.41, 5.74) is -1.62. The minimum atomic E-state index is -0.270. The molecule has 75 heavy (non-hydrogen) atoms. The van der Waals surface area contributed by atoms with Gasteiger partial charge in [0, 0.05) is 68.1 Å². The molecule has 3 atom stereocenters. The summed E-state index contributed by atoms with van der Waals surface area (Å²) in [6, 6.07) is 23.9. The third-order valence-corrected chi connectivity index (χ3v) is 18.4. The Hall–Kier alpha value is -7.26. The molecule has 0 fully saturated rings. The Kier molecular flexibility index (Phi) is 11.2. The fourth-order valence-corrected chi connectivity index (χ4v) is 14.3. The second kappa shape index (κ2) is 17.7. The average Bonchev–Trinajstić information content (AvgIpc) is 4.08. The number of nitrogens with zero attached hydrogens (tertiary/aromatic N) is 3. The van der Waals surface area contributed by atoms with Crippen molar-refractivity contribution in [2.45, 2.75) is 138 Å². The van der Waals surface area contributed by atoms with Crippen LogP contribution in [-0.4, -0.2) is 13.7 Å². The summed E-state index contributed by atoms with van der Waals surface area (Å²) >= 11 is 0. The number of benzene rings is 7. The molecule has 3 heterocycles. The minimum Gasteiger partial charge on any atom is -0.274 e. The Morgan fingerprint density at radius 3 is 0.613 bits per heavy atom. The van der Waals surface area contributed by atoms with Gasteiger partial charge in [-0.2, -0.15) is 0 Å². The van der Waals surface area contributed by atoms with Crippen molar-refractivity contribution in [3.63, 3.8) is 0 Å². The zero-order valence-electron chi connectivity index (χ0n) is 44.1. The highest BCUT2D eigenvalue weighted by Crippen LogP contribution is 2.56. The predicted molar refractivity (Wildman–Crippen MR) is 315 cm³/mol. The Balaban J connectivity index is 1.20. The van der Waals surface area contributed by atoms with E-state index in [0.717, 1.165) is 158 Å². The van der Waals surface area contributed by atoms with Gasteiger partial charge in [-0.05, 0) is 154 Å². The highest BCUT2D eigenvalue weighted by molar-refractivity contribution is 6.57. The first-order valence-corrected chi connectivity index (χ1v) is 28.1. The number of hydrogen-bond donors (Lipinski definition) is 0. The lowest BCUT2D eigenvalue weighted by Gasteiger charge is -2.17. The molecule has 9 heteroatoms. The summed E-state index contributed by atoms with van der Waals surface area (Å²) in [4.78, 5) is 88.6. The SMILES string of the molecule is CCCCC(CC)Cn1c(=O)c2ccc3c4c(ccc(c1=O)c24)c1c3c2c3ccc4c(=O)n(CC(CC)CCCC)c(=O)c5ccc(c3c45)c2c2c3ccc4c(=O)n(CC(CC)CCCC)c(=O)c5ccc(c3c54)c12. The summed E-state index contributed by atoms with van der Waals surface area (Å²) in [5.74, 6) is 0.612. The van der Waals surface area contributed by atoms with Crippen LogP contribution in [0, 0.1) is 17.8 Å². The van der Waals surface area contributed by atoms with Gasteiger partial charge in [-0.25, -0.2) is 0 Å². The number of unbranched alkanes of at least 4 members (excludes halogenated alkanes) is 3. The monoisotopic (exact) mass is 993 g/mol. The Bertz CT molecular complexity index is 4050. The topological polar surface area (TPSA) is 117 Å². The van der Waals surface area contributed by atoms with Crippen LogP contribution in [-0.2, 0) is 19.6 Å². The van der Waals surface area contributed by atoms with E-state index in [9.17, 15) is 28.8 Å². The molecular formula is C66H63N3O6. The Morgan fingerprint density at radius 2 is 0.440 bits per heavy atom. The highest BCUT2D eigenvalue weighted by atomic mass is 16.2. The average molecular weight is 994 g/mol. The van der Waals surface area contributed by atoms with Gasteiger partial charge in [0.1, 0.15) is 0 Å². The number of rotatable bonds is 18. The Morgan fingerprint density at radius 1 is 0.267 bits per heavy atom. The maximum atomic E-state index is 14.8. The van der Waals surface area contributed by atoms with Crippen LogP contribution in [0.2, 0.25) is 0 Å². The molecule has 10 aromatic carbocycles. The lowest BCUT2D eigenvalue weighted by atomic mass is 9.97. The van der Waals surface area contributed by atoms with E-state index >= 15 is 0 Å². The van der Waals surface area contributed by atoms with Crippen molar-refractivity contribution in [3.8, 4) is 0 Å². The number of fused-ring (bicyclic) bond motifs is 12. The van der Waals surface area contributed by atoms with E-state index in [0.29, 0.717) is 68.1 Å². The highest BCUT2D eigenvalue weighted by Gasteiger charge is 2.31. The molecule has 3 unspecified atom stereocenters. The molecule has 13 rings (SSSR count). The van der Waals surface area contributed by atoms with Crippen molar-refractivity contribution >= 4 is 129 Å². The van der Waals surface area contributed by atoms with E-state index in [1.165, 1.54) is 13.7 Å². The first kappa shape index (κ1) is 47.5. The number of pyridine rings is 3. The molecule has 0 N–H and O–H groups in total. The predicted octanol–water partition coefficient (Wildman–Crippen LogP) is 14.4. The number of hydrogen-bond acceptors (Lipinski definition) is 6. The molecule has 9 nitrogen and oxygen atoms in total. The van der Waals surface area contributed by atoms with Crippen LogP contribution in [0.4, 0.5) is 0 Å². The van der Waals surface area contributed by atoms with Crippen LogP contribution in [0.5, 0.6) is 0 Å². The lowest BCUT2D eigenvalue weighted by molar-refractivity contribution is 0.382. The molecule has 0 aliphatic carbocycles. The summed E-state index contributed by atoms with van der Waals surface area (Å²) in [6.45, 7) is 14.0. The van der Waals surface area contributed by atoms with E-state index < -0.39 is 0 Å². The van der Waals surface area contributed by atoms with Crippen LogP contribution in [0.15, 0.2) is 102 Å². The second-order valence-corrected chi connectivity index (χ2v) is 22.4. The maximum absolute atomic E-state index is 14.8. The molecule has 0 aliphatic rings. The molecule has 0 aliphatic heterocycles. The van der Waals surface area contributed by atoms with Gasteiger partial charge >= 0.3 is 0 Å². The molecule has 13 aromatic rings. The van der Waals surface area contributed by atoms with Gasteiger partial charge in [-0.1, -0.05) is 136 Å². The van der Waals surface area contributed by atoms with Gasteiger partial charge in [0.05, 0.1) is 0 Å². The fourth-order valence-electron chi connectivity index (χ4n) is 14.3.